The Hall–Kier alpha value is -0.530. The number of hydrogen-bond donors (Lipinski definition) is 1. The molecule has 0 aromatic carbocycles. The molecule has 0 radical (unpaired) electrons. The van der Waals surface area contributed by atoms with E-state index in [2.05, 4.69) is 0 Å². The zero-order valence-corrected chi connectivity index (χ0v) is 6.05. The van der Waals surface area contributed by atoms with Crippen LogP contribution in [0.4, 0.5) is 0 Å². The van der Waals surface area contributed by atoms with Crippen molar-refractivity contribution in [1.82, 2.24) is 0 Å². The van der Waals surface area contributed by atoms with Crippen molar-refractivity contribution in [2.45, 2.75) is 25.7 Å². The fourth-order valence-corrected chi connectivity index (χ4v) is 2.32. The van der Waals surface area contributed by atoms with Gasteiger partial charge in [0.1, 0.15) is 0 Å². The molecule has 2 unspecified atom stereocenters. The Morgan fingerprint density at radius 3 is 2.00 bits per heavy atom. The van der Waals surface area contributed by atoms with E-state index in [1.54, 1.807) is 0 Å². The minimum atomic E-state index is -0.0746. The van der Waals surface area contributed by atoms with Crippen LogP contribution in [0.25, 0.3) is 0 Å². The fraction of sp³-hybridized carbons (Fsp3) is 0.875. The number of hydrogen-bond acceptors (Lipinski definition) is 1. The van der Waals surface area contributed by atoms with Crippen LogP contribution in [0.1, 0.15) is 25.7 Å². The number of nitrogens with two attached hydrogens (primary N) is 1. The van der Waals surface area contributed by atoms with Gasteiger partial charge in [0.05, 0.1) is 0 Å². The predicted molar refractivity (Wildman–Crippen MR) is 38.1 cm³/mol. The highest BCUT2D eigenvalue weighted by Gasteiger charge is 2.41. The molecule has 2 heteroatoms. The SMILES string of the molecule is NC(=O)C1CC2CCC2C1. The first-order valence-corrected chi connectivity index (χ1v) is 4.06. The molecule has 56 valence electrons. The average Bonchev–Trinajstić information content (AvgIpc) is 2.09. The molecular weight excluding hydrogens is 126 g/mol. The third-order valence-corrected chi connectivity index (χ3v) is 3.15. The average molecular weight is 139 g/mol. The Morgan fingerprint density at radius 1 is 1.20 bits per heavy atom. The van der Waals surface area contributed by atoms with Crippen LogP contribution in [0.15, 0.2) is 0 Å². The third-order valence-electron chi connectivity index (χ3n) is 3.15. The summed E-state index contributed by atoms with van der Waals surface area (Å²) in [5.74, 6) is 1.86. The highest BCUT2D eigenvalue weighted by molar-refractivity contribution is 5.77. The number of fused-ring (bicyclic) bond motifs is 1. The van der Waals surface area contributed by atoms with Crippen molar-refractivity contribution >= 4 is 5.91 Å². The van der Waals surface area contributed by atoms with Gasteiger partial charge >= 0.3 is 0 Å². The molecule has 0 bridgehead atoms. The molecule has 2 N–H and O–H groups in total. The molecule has 0 aromatic heterocycles. The van der Waals surface area contributed by atoms with E-state index >= 15 is 0 Å². The topological polar surface area (TPSA) is 43.1 Å². The second-order valence-electron chi connectivity index (χ2n) is 3.67. The van der Waals surface area contributed by atoms with E-state index in [1.807, 2.05) is 0 Å². The molecule has 0 heterocycles. The van der Waals surface area contributed by atoms with Crippen LogP contribution in [-0.2, 0) is 4.79 Å². The smallest absolute Gasteiger partial charge is 0.220 e. The van der Waals surface area contributed by atoms with E-state index in [0.717, 1.165) is 24.7 Å². The van der Waals surface area contributed by atoms with Crippen LogP contribution >= 0.6 is 0 Å². The van der Waals surface area contributed by atoms with Crippen molar-refractivity contribution in [2.24, 2.45) is 23.5 Å². The molecule has 10 heavy (non-hydrogen) atoms. The number of amides is 1. The zero-order chi connectivity index (χ0) is 7.14. The van der Waals surface area contributed by atoms with Gasteiger partial charge in [-0.15, -0.1) is 0 Å². The molecule has 2 fully saturated rings. The van der Waals surface area contributed by atoms with Gasteiger partial charge in [-0.3, -0.25) is 4.79 Å². The Bertz CT molecular complexity index is 155. The fourth-order valence-electron chi connectivity index (χ4n) is 2.32. The van der Waals surface area contributed by atoms with E-state index in [0.29, 0.717) is 0 Å². The van der Waals surface area contributed by atoms with E-state index in [1.165, 1.54) is 12.8 Å². The van der Waals surface area contributed by atoms with E-state index in [4.69, 9.17) is 5.73 Å². The molecule has 2 aliphatic rings. The van der Waals surface area contributed by atoms with Crippen molar-refractivity contribution in [1.29, 1.82) is 0 Å². The van der Waals surface area contributed by atoms with Gasteiger partial charge in [0.25, 0.3) is 0 Å². The van der Waals surface area contributed by atoms with Gasteiger partial charge in [-0.05, 0) is 37.5 Å². The summed E-state index contributed by atoms with van der Waals surface area (Å²) in [7, 11) is 0. The monoisotopic (exact) mass is 139 g/mol. The molecule has 2 atom stereocenters. The minimum absolute atomic E-state index is 0.0746. The Balaban J connectivity index is 1.98. The summed E-state index contributed by atoms with van der Waals surface area (Å²) < 4.78 is 0. The summed E-state index contributed by atoms with van der Waals surface area (Å²) in [5, 5.41) is 0. The summed E-state index contributed by atoms with van der Waals surface area (Å²) in [6.07, 6.45) is 4.85. The van der Waals surface area contributed by atoms with Gasteiger partial charge in [-0.25, -0.2) is 0 Å². The summed E-state index contributed by atoms with van der Waals surface area (Å²) in [4.78, 5) is 10.7. The highest BCUT2D eigenvalue weighted by Crippen LogP contribution is 2.49. The molecule has 0 spiro atoms. The number of primary amides is 1. The molecule has 2 saturated carbocycles. The van der Waals surface area contributed by atoms with Crippen LogP contribution in [0, 0.1) is 17.8 Å². The molecule has 0 aliphatic heterocycles. The lowest BCUT2D eigenvalue weighted by Gasteiger charge is -2.29. The van der Waals surface area contributed by atoms with Crippen LogP contribution in [0.5, 0.6) is 0 Å². The van der Waals surface area contributed by atoms with E-state index in [9.17, 15) is 4.79 Å². The van der Waals surface area contributed by atoms with E-state index in [-0.39, 0.29) is 11.8 Å². The lowest BCUT2D eigenvalue weighted by molar-refractivity contribution is -0.121. The molecule has 2 nitrogen and oxygen atoms in total. The minimum Gasteiger partial charge on any atom is -0.369 e. The van der Waals surface area contributed by atoms with Gasteiger partial charge in [0.2, 0.25) is 5.91 Å². The van der Waals surface area contributed by atoms with Gasteiger partial charge in [-0.1, -0.05) is 0 Å². The number of carbonyl (C=O) groups is 1. The molecule has 2 aliphatic carbocycles. The van der Waals surface area contributed by atoms with Crippen molar-refractivity contribution in [3.63, 3.8) is 0 Å². The van der Waals surface area contributed by atoms with Crippen molar-refractivity contribution < 1.29 is 4.79 Å². The molecule has 2 rings (SSSR count). The molecule has 1 amide bonds. The van der Waals surface area contributed by atoms with Gasteiger partial charge in [-0.2, -0.15) is 0 Å². The van der Waals surface area contributed by atoms with Crippen molar-refractivity contribution in [3.05, 3.63) is 0 Å². The lowest BCUT2D eigenvalue weighted by atomic mass is 9.77. The summed E-state index contributed by atoms with van der Waals surface area (Å²) in [6, 6.07) is 0. The Kier molecular flexibility index (Phi) is 1.22. The Labute approximate surface area is 60.8 Å². The van der Waals surface area contributed by atoms with Crippen LogP contribution in [0.3, 0.4) is 0 Å². The van der Waals surface area contributed by atoms with E-state index < -0.39 is 0 Å². The third kappa shape index (κ3) is 0.746. The van der Waals surface area contributed by atoms with Gasteiger partial charge < -0.3 is 5.73 Å². The molecular formula is C8H13NO. The van der Waals surface area contributed by atoms with Crippen LogP contribution < -0.4 is 5.73 Å². The number of carbonyl (C=O) groups excluding carboxylic acids is 1. The second kappa shape index (κ2) is 1.97. The largest absolute Gasteiger partial charge is 0.369 e. The van der Waals surface area contributed by atoms with Gasteiger partial charge in [0.15, 0.2) is 0 Å². The summed E-state index contributed by atoms with van der Waals surface area (Å²) in [6.45, 7) is 0. The normalized spacial score (nSPS) is 44.2. The maximum Gasteiger partial charge on any atom is 0.220 e. The van der Waals surface area contributed by atoms with Crippen molar-refractivity contribution in [3.8, 4) is 0 Å². The predicted octanol–water partition coefficient (Wildman–Crippen LogP) is 0.908. The van der Waals surface area contributed by atoms with Crippen LogP contribution in [0.2, 0.25) is 0 Å². The first kappa shape index (κ1) is 6.20. The van der Waals surface area contributed by atoms with Crippen molar-refractivity contribution in [2.75, 3.05) is 0 Å². The first-order chi connectivity index (χ1) is 4.77. The first-order valence-electron chi connectivity index (χ1n) is 4.06. The molecule has 0 aromatic rings. The quantitative estimate of drug-likeness (QED) is 0.576. The summed E-state index contributed by atoms with van der Waals surface area (Å²) >= 11 is 0. The Morgan fingerprint density at radius 2 is 1.70 bits per heavy atom. The zero-order valence-electron chi connectivity index (χ0n) is 6.05. The maximum atomic E-state index is 10.7. The standard InChI is InChI=1S/C8H13NO/c9-8(10)7-3-5-1-2-6(5)4-7/h5-7H,1-4H2,(H2,9,10). The number of rotatable bonds is 1. The summed E-state index contributed by atoms with van der Waals surface area (Å²) in [5.41, 5.74) is 5.21. The highest BCUT2D eigenvalue weighted by atomic mass is 16.1. The van der Waals surface area contributed by atoms with Crippen LogP contribution in [-0.4, -0.2) is 5.91 Å². The molecule has 0 saturated heterocycles. The lowest BCUT2D eigenvalue weighted by Crippen LogP contribution is -2.20. The van der Waals surface area contributed by atoms with Gasteiger partial charge in [0, 0.05) is 5.92 Å². The second-order valence-corrected chi connectivity index (χ2v) is 3.67. The maximum absolute atomic E-state index is 10.7.